The number of nitrogens with zero attached hydrogens (tertiary/aromatic N) is 1. The summed E-state index contributed by atoms with van der Waals surface area (Å²) in [6.45, 7) is 1.94. The van der Waals surface area contributed by atoms with E-state index in [0.717, 1.165) is 44.5 Å². The number of aliphatic hydroxyl groups is 1. The number of benzene rings is 1. The van der Waals surface area contributed by atoms with Gasteiger partial charge in [0.25, 0.3) is 0 Å². The second-order valence-corrected chi connectivity index (χ2v) is 6.63. The lowest BCUT2D eigenvalue weighted by molar-refractivity contribution is -0.0854. The third-order valence-electron chi connectivity index (χ3n) is 5.44. The molecule has 0 spiro atoms. The van der Waals surface area contributed by atoms with Crippen molar-refractivity contribution in [2.45, 2.75) is 43.4 Å². The van der Waals surface area contributed by atoms with E-state index in [9.17, 15) is 5.11 Å². The zero-order valence-corrected chi connectivity index (χ0v) is 14.1. The van der Waals surface area contributed by atoms with Crippen molar-refractivity contribution in [2.24, 2.45) is 0 Å². The van der Waals surface area contributed by atoms with Gasteiger partial charge < -0.3 is 14.6 Å². The van der Waals surface area contributed by atoms with Crippen LogP contribution in [0.1, 0.15) is 31.2 Å². The third-order valence-corrected chi connectivity index (χ3v) is 5.44. The molecule has 2 aliphatic rings. The van der Waals surface area contributed by atoms with Crippen LogP contribution >= 0.6 is 0 Å². The van der Waals surface area contributed by atoms with Gasteiger partial charge in [0.1, 0.15) is 5.75 Å². The Hall–Kier alpha value is -1.36. The van der Waals surface area contributed by atoms with Gasteiger partial charge in [-0.1, -0.05) is 24.3 Å². The molecule has 0 unspecified atom stereocenters. The Morgan fingerprint density at radius 3 is 2.74 bits per heavy atom. The highest BCUT2D eigenvalue weighted by molar-refractivity contribution is 5.50. The quantitative estimate of drug-likeness (QED) is 0.907. The predicted molar refractivity (Wildman–Crippen MR) is 91.6 cm³/mol. The number of fused-ring (bicyclic) bond motifs is 1. The summed E-state index contributed by atoms with van der Waals surface area (Å²) in [6.07, 6.45) is 7.88. The first-order chi connectivity index (χ1) is 11.2. The van der Waals surface area contributed by atoms with E-state index >= 15 is 0 Å². The van der Waals surface area contributed by atoms with Crippen LogP contribution in [0.15, 0.2) is 30.3 Å². The molecule has 1 aromatic carbocycles. The summed E-state index contributed by atoms with van der Waals surface area (Å²) in [4.78, 5) is 2.45. The maximum atomic E-state index is 10.0. The molecule has 0 amide bonds. The number of hydrogen-bond acceptors (Lipinski definition) is 4. The lowest BCUT2D eigenvalue weighted by Crippen LogP contribution is -2.51. The van der Waals surface area contributed by atoms with E-state index in [-0.39, 0.29) is 11.7 Å². The van der Waals surface area contributed by atoms with Gasteiger partial charge in [-0.2, -0.15) is 0 Å². The summed E-state index contributed by atoms with van der Waals surface area (Å²) >= 11 is 0. The molecule has 3 rings (SSSR count). The summed E-state index contributed by atoms with van der Waals surface area (Å²) in [7, 11) is 3.50. The second-order valence-electron chi connectivity index (χ2n) is 6.63. The molecule has 0 radical (unpaired) electrons. The SMILES string of the molecule is COc1ccc(C=CCN2CC[C@]3(OC)CC[C@H](O)C[C@H]23)cc1. The Bertz CT molecular complexity index is 542. The topological polar surface area (TPSA) is 41.9 Å². The monoisotopic (exact) mass is 317 g/mol. The van der Waals surface area contributed by atoms with Crippen LogP contribution in [0.25, 0.3) is 6.08 Å². The van der Waals surface area contributed by atoms with Crippen molar-refractivity contribution in [1.82, 2.24) is 4.90 Å². The van der Waals surface area contributed by atoms with E-state index in [4.69, 9.17) is 9.47 Å². The van der Waals surface area contributed by atoms with Crippen molar-refractivity contribution in [3.05, 3.63) is 35.9 Å². The average Bonchev–Trinajstić information content (AvgIpc) is 2.94. The molecule has 0 bridgehead atoms. The summed E-state index contributed by atoms with van der Waals surface area (Å²) in [5.74, 6) is 0.878. The maximum absolute atomic E-state index is 10.0. The van der Waals surface area contributed by atoms with E-state index in [1.54, 1.807) is 7.11 Å². The van der Waals surface area contributed by atoms with Crippen LogP contribution in [-0.4, -0.2) is 55.1 Å². The van der Waals surface area contributed by atoms with Crippen LogP contribution in [0.5, 0.6) is 5.75 Å². The molecule has 1 aliphatic carbocycles. The second kappa shape index (κ2) is 7.04. The highest BCUT2D eigenvalue weighted by atomic mass is 16.5. The van der Waals surface area contributed by atoms with Crippen molar-refractivity contribution in [3.63, 3.8) is 0 Å². The number of ether oxygens (including phenoxy) is 2. The molecule has 4 heteroatoms. The minimum atomic E-state index is -0.186. The lowest BCUT2D eigenvalue weighted by atomic mass is 9.79. The Morgan fingerprint density at radius 1 is 1.26 bits per heavy atom. The van der Waals surface area contributed by atoms with Crippen molar-refractivity contribution >= 4 is 6.08 Å². The van der Waals surface area contributed by atoms with Crippen LogP contribution in [0.2, 0.25) is 0 Å². The number of aliphatic hydroxyl groups excluding tert-OH is 1. The van der Waals surface area contributed by atoms with E-state index < -0.39 is 0 Å². The average molecular weight is 317 g/mol. The summed E-state index contributed by atoms with van der Waals surface area (Å²) in [5.41, 5.74) is 1.12. The van der Waals surface area contributed by atoms with E-state index in [2.05, 4.69) is 29.2 Å². The summed E-state index contributed by atoms with van der Waals surface area (Å²) in [6, 6.07) is 8.40. The fraction of sp³-hybridized carbons (Fsp3) is 0.579. The Balaban J connectivity index is 1.62. The van der Waals surface area contributed by atoms with Gasteiger partial charge in [0, 0.05) is 26.2 Å². The molecule has 23 heavy (non-hydrogen) atoms. The first-order valence-corrected chi connectivity index (χ1v) is 8.45. The number of rotatable bonds is 5. The van der Waals surface area contributed by atoms with Gasteiger partial charge in [-0.3, -0.25) is 4.90 Å². The van der Waals surface area contributed by atoms with Gasteiger partial charge in [-0.15, -0.1) is 0 Å². The number of methoxy groups -OCH3 is 2. The normalized spacial score (nSPS) is 31.4. The Kier molecular flexibility index (Phi) is 5.05. The highest BCUT2D eigenvalue weighted by Crippen LogP contribution is 2.42. The molecule has 4 nitrogen and oxygen atoms in total. The Morgan fingerprint density at radius 2 is 2.04 bits per heavy atom. The first-order valence-electron chi connectivity index (χ1n) is 8.45. The van der Waals surface area contributed by atoms with E-state index in [1.807, 2.05) is 19.2 Å². The minimum absolute atomic E-state index is 0.0484. The van der Waals surface area contributed by atoms with Crippen molar-refractivity contribution in [1.29, 1.82) is 0 Å². The van der Waals surface area contributed by atoms with Gasteiger partial charge in [0.05, 0.1) is 18.8 Å². The molecule has 3 atom stereocenters. The van der Waals surface area contributed by atoms with Gasteiger partial charge in [0.2, 0.25) is 0 Å². The van der Waals surface area contributed by atoms with Crippen molar-refractivity contribution < 1.29 is 14.6 Å². The maximum Gasteiger partial charge on any atom is 0.118 e. The molecular weight excluding hydrogens is 290 g/mol. The first kappa shape index (κ1) is 16.5. The fourth-order valence-electron chi connectivity index (χ4n) is 4.03. The van der Waals surface area contributed by atoms with Crippen LogP contribution in [0, 0.1) is 0 Å². The molecule has 1 heterocycles. The third kappa shape index (κ3) is 3.44. The van der Waals surface area contributed by atoms with Gasteiger partial charge in [-0.25, -0.2) is 0 Å². The van der Waals surface area contributed by atoms with Gasteiger partial charge >= 0.3 is 0 Å². The molecule has 1 saturated carbocycles. The van der Waals surface area contributed by atoms with Crippen LogP contribution in [-0.2, 0) is 4.74 Å². The van der Waals surface area contributed by atoms with Crippen LogP contribution in [0.3, 0.4) is 0 Å². The van der Waals surface area contributed by atoms with Gasteiger partial charge in [-0.05, 0) is 43.4 Å². The lowest BCUT2D eigenvalue weighted by Gasteiger charge is -2.42. The summed E-state index contributed by atoms with van der Waals surface area (Å²) in [5, 5.41) is 10.0. The summed E-state index contributed by atoms with van der Waals surface area (Å²) < 4.78 is 11.1. The molecule has 1 N–H and O–H groups in total. The fourth-order valence-corrected chi connectivity index (χ4v) is 4.03. The Labute approximate surface area is 138 Å². The smallest absolute Gasteiger partial charge is 0.118 e. The van der Waals surface area contributed by atoms with Gasteiger partial charge in [0.15, 0.2) is 0 Å². The predicted octanol–water partition coefficient (Wildman–Crippen LogP) is 2.71. The standard InChI is InChI=1S/C19H27NO3/c1-22-17-7-5-15(6-8-17)4-3-12-20-13-11-19(23-2)10-9-16(21)14-18(19)20/h3-8,16,18,21H,9-14H2,1-2H3/t16-,18-,19+/m0/s1. The minimum Gasteiger partial charge on any atom is -0.497 e. The largest absolute Gasteiger partial charge is 0.497 e. The molecule has 126 valence electrons. The molecule has 1 aromatic rings. The molecule has 0 aromatic heterocycles. The molecule has 1 aliphatic heterocycles. The molecule has 1 saturated heterocycles. The zero-order chi connectivity index (χ0) is 16.3. The van der Waals surface area contributed by atoms with Crippen LogP contribution < -0.4 is 4.74 Å². The molecule has 2 fully saturated rings. The highest BCUT2D eigenvalue weighted by Gasteiger charge is 2.50. The van der Waals surface area contributed by atoms with Crippen molar-refractivity contribution in [3.8, 4) is 5.75 Å². The van der Waals surface area contributed by atoms with E-state index in [0.29, 0.717) is 6.04 Å². The zero-order valence-electron chi connectivity index (χ0n) is 14.1. The molecular formula is C19H27NO3. The van der Waals surface area contributed by atoms with Crippen molar-refractivity contribution in [2.75, 3.05) is 27.3 Å². The number of likely N-dealkylation sites (tertiary alicyclic amines) is 1. The van der Waals surface area contributed by atoms with Crippen LogP contribution in [0.4, 0.5) is 0 Å². The van der Waals surface area contributed by atoms with E-state index in [1.165, 1.54) is 5.56 Å². The number of hydrogen-bond donors (Lipinski definition) is 1.